The molecular weight excluding hydrogens is 314 g/mol. The number of azide groups is 1. The van der Waals surface area contributed by atoms with Crippen LogP contribution in [0.2, 0.25) is 0 Å². The van der Waals surface area contributed by atoms with Gasteiger partial charge < -0.3 is 25.5 Å². The summed E-state index contributed by atoms with van der Waals surface area (Å²) in [6, 6.07) is 12.0. The SMILES string of the molecule is S.[N-]=[N+]=NC(=O)C(O)C(O)C(O)C(O)CO.c1ccccc1. The van der Waals surface area contributed by atoms with Crippen LogP contribution in [0.25, 0.3) is 10.4 Å². The molecule has 0 saturated heterocycles. The first kappa shape index (κ1) is 22.6. The van der Waals surface area contributed by atoms with Crippen LogP contribution < -0.4 is 0 Å². The van der Waals surface area contributed by atoms with Crippen molar-refractivity contribution in [3.63, 3.8) is 0 Å². The Balaban J connectivity index is 0. The molecule has 1 amide bonds. The Labute approximate surface area is 133 Å². The number of aliphatic hydroxyl groups is 5. The fraction of sp³-hybridized carbons (Fsp3) is 0.417. The first-order valence-electron chi connectivity index (χ1n) is 5.87. The van der Waals surface area contributed by atoms with E-state index in [0.717, 1.165) is 0 Å². The first-order chi connectivity index (χ1) is 9.95. The maximum absolute atomic E-state index is 10.7. The number of aliphatic hydroxyl groups excluding tert-OH is 5. The third kappa shape index (κ3) is 8.60. The van der Waals surface area contributed by atoms with Gasteiger partial charge in [0.15, 0.2) is 0 Å². The number of carbonyl (C=O) groups excluding carboxylic acids is 1. The second-order valence-electron chi connectivity index (χ2n) is 3.86. The summed E-state index contributed by atoms with van der Waals surface area (Å²) >= 11 is 0. The number of hydrogen-bond donors (Lipinski definition) is 5. The quantitative estimate of drug-likeness (QED) is 0.265. The van der Waals surface area contributed by atoms with E-state index in [-0.39, 0.29) is 13.5 Å². The second kappa shape index (κ2) is 13.0. The van der Waals surface area contributed by atoms with Gasteiger partial charge in [-0.1, -0.05) is 36.4 Å². The van der Waals surface area contributed by atoms with Crippen molar-refractivity contribution >= 4 is 19.4 Å². The molecule has 0 heterocycles. The lowest BCUT2D eigenvalue weighted by molar-refractivity contribution is -0.145. The van der Waals surface area contributed by atoms with Crippen LogP contribution in [-0.4, -0.2) is 62.5 Å². The summed E-state index contributed by atoms with van der Waals surface area (Å²) in [5, 5.41) is 47.0. The molecule has 124 valence electrons. The highest BCUT2D eigenvalue weighted by atomic mass is 32.1. The van der Waals surface area contributed by atoms with Crippen molar-refractivity contribution < 1.29 is 30.3 Å². The van der Waals surface area contributed by atoms with Gasteiger partial charge in [0, 0.05) is 4.91 Å². The number of rotatable bonds is 5. The van der Waals surface area contributed by atoms with Crippen molar-refractivity contribution in [2.75, 3.05) is 6.61 Å². The van der Waals surface area contributed by atoms with Crippen molar-refractivity contribution in [1.29, 1.82) is 0 Å². The average Bonchev–Trinajstić information content (AvgIpc) is 2.54. The lowest BCUT2D eigenvalue weighted by Gasteiger charge is -2.23. The van der Waals surface area contributed by atoms with Gasteiger partial charge in [-0.2, -0.15) is 13.5 Å². The van der Waals surface area contributed by atoms with Crippen LogP contribution in [0.4, 0.5) is 0 Å². The van der Waals surface area contributed by atoms with E-state index in [2.05, 4.69) is 10.0 Å². The molecule has 0 aliphatic heterocycles. The Morgan fingerprint density at radius 2 is 1.41 bits per heavy atom. The molecule has 0 bridgehead atoms. The van der Waals surface area contributed by atoms with E-state index in [0.29, 0.717) is 0 Å². The minimum Gasteiger partial charge on any atom is -0.394 e. The molecule has 0 aromatic heterocycles. The van der Waals surface area contributed by atoms with E-state index in [1.165, 1.54) is 0 Å². The minimum absolute atomic E-state index is 0. The van der Waals surface area contributed by atoms with Crippen molar-refractivity contribution in [2.24, 2.45) is 5.11 Å². The summed E-state index contributed by atoms with van der Waals surface area (Å²) in [5.74, 6) is -1.39. The molecule has 0 spiro atoms. The van der Waals surface area contributed by atoms with Gasteiger partial charge in [-0.25, -0.2) is 0 Å². The van der Waals surface area contributed by atoms with Gasteiger partial charge in [-0.15, -0.1) is 0 Å². The Morgan fingerprint density at radius 3 is 1.73 bits per heavy atom. The minimum atomic E-state index is -2.16. The monoisotopic (exact) mass is 333 g/mol. The van der Waals surface area contributed by atoms with E-state index < -0.39 is 36.9 Å². The Hall–Kier alpha value is -1.65. The molecule has 10 heteroatoms. The molecule has 1 aromatic rings. The highest BCUT2D eigenvalue weighted by molar-refractivity contribution is 7.59. The molecule has 9 nitrogen and oxygen atoms in total. The third-order valence-electron chi connectivity index (χ3n) is 2.32. The van der Waals surface area contributed by atoms with Gasteiger partial charge in [-0.05, 0) is 10.6 Å². The summed E-state index contributed by atoms with van der Waals surface area (Å²) in [7, 11) is 0. The maximum atomic E-state index is 10.7. The largest absolute Gasteiger partial charge is 0.394 e. The third-order valence-corrected chi connectivity index (χ3v) is 2.32. The van der Waals surface area contributed by atoms with Crippen LogP contribution in [-0.2, 0) is 4.79 Å². The zero-order valence-electron chi connectivity index (χ0n) is 11.5. The van der Waals surface area contributed by atoms with Crippen molar-refractivity contribution in [2.45, 2.75) is 24.4 Å². The Bertz CT molecular complexity index is 431. The highest BCUT2D eigenvalue weighted by Crippen LogP contribution is 2.06. The van der Waals surface area contributed by atoms with Crippen LogP contribution in [0, 0.1) is 0 Å². The number of amides is 1. The molecule has 1 aromatic carbocycles. The van der Waals surface area contributed by atoms with E-state index in [9.17, 15) is 4.79 Å². The van der Waals surface area contributed by atoms with E-state index >= 15 is 0 Å². The van der Waals surface area contributed by atoms with E-state index in [1.807, 2.05) is 36.4 Å². The summed E-state index contributed by atoms with van der Waals surface area (Å²) < 4.78 is 0. The van der Waals surface area contributed by atoms with Crippen LogP contribution in [0.1, 0.15) is 0 Å². The Kier molecular flexibility index (Phi) is 13.4. The fourth-order valence-electron chi connectivity index (χ4n) is 1.16. The molecule has 0 aliphatic rings. The van der Waals surface area contributed by atoms with Gasteiger partial charge in [0.2, 0.25) is 5.91 Å². The summed E-state index contributed by atoms with van der Waals surface area (Å²) in [4.78, 5) is 12.8. The lowest BCUT2D eigenvalue weighted by Crippen LogP contribution is -2.48. The highest BCUT2D eigenvalue weighted by Gasteiger charge is 2.33. The van der Waals surface area contributed by atoms with Crippen molar-refractivity contribution in [3.8, 4) is 0 Å². The topological polar surface area (TPSA) is 167 Å². The van der Waals surface area contributed by atoms with Crippen molar-refractivity contribution in [1.82, 2.24) is 0 Å². The molecule has 4 atom stereocenters. The van der Waals surface area contributed by atoms with E-state index in [1.54, 1.807) is 0 Å². The molecule has 5 N–H and O–H groups in total. The number of benzene rings is 1. The number of nitrogens with zero attached hydrogens (tertiary/aromatic N) is 3. The molecule has 4 unspecified atom stereocenters. The van der Waals surface area contributed by atoms with Gasteiger partial charge >= 0.3 is 0 Å². The predicted octanol–water partition coefficient (Wildman–Crippen LogP) is -0.941. The summed E-state index contributed by atoms with van der Waals surface area (Å²) in [5.41, 5.74) is 7.85. The van der Waals surface area contributed by atoms with Crippen LogP contribution in [0.15, 0.2) is 41.5 Å². The molecular formula is C12H19N3O6S. The van der Waals surface area contributed by atoms with Crippen LogP contribution in [0.3, 0.4) is 0 Å². The fourth-order valence-corrected chi connectivity index (χ4v) is 1.16. The molecule has 0 aliphatic carbocycles. The molecule has 22 heavy (non-hydrogen) atoms. The van der Waals surface area contributed by atoms with Gasteiger partial charge in [0.05, 0.1) is 6.61 Å². The van der Waals surface area contributed by atoms with Crippen LogP contribution >= 0.6 is 13.5 Å². The summed E-state index contributed by atoms with van der Waals surface area (Å²) in [6.07, 6.45) is -7.85. The lowest BCUT2D eigenvalue weighted by atomic mass is 10.0. The molecule has 0 radical (unpaired) electrons. The standard InChI is InChI=1S/C6H11N3O6.C6H6.H2S/c7-9-8-6(15)5(14)4(13)3(12)2(11)1-10;1-2-4-6-5-3-1;/h2-5,10-14H,1H2;1-6H;1H2. The normalized spacial score (nSPS) is 14.8. The molecule has 0 saturated carbocycles. The second-order valence-corrected chi connectivity index (χ2v) is 3.86. The molecule has 0 fully saturated rings. The van der Waals surface area contributed by atoms with E-state index in [4.69, 9.17) is 31.1 Å². The van der Waals surface area contributed by atoms with Crippen molar-refractivity contribution in [3.05, 3.63) is 46.8 Å². The van der Waals surface area contributed by atoms with Crippen LogP contribution in [0.5, 0.6) is 0 Å². The van der Waals surface area contributed by atoms with Gasteiger partial charge in [0.1, 0.15) is 24.4 Å². The number of carbonyl (C=O) groups is 1. The smallest absolute Gasteiger partial charge is 0.250 e. The Morgan fingerprint density at radius 1 is 1.00 bits per heavy atom. The average molecular weight is 333 g/mol. The van der Waals surface area contributed by atoms with Gasteiger partial charge in [0.25, 0.3) is 0 Å². The summed E-state index contributed by atoms with van der Waals surface area (Å²) in [6.45, 7) is -0.860. The first-order valence-corrected chi connectivity index (χ1v) is 5.87. The zero-order valence-corrected chi connectivity index (χ0v) is 12.5. The number of hydrogen-bond acceptors (Lipinski definition) is 6. The molecule has 1 rings (SSSR count). The zero-order chi connectivity index (χ0) is 16.3. The maximum Gasteiger partial charge on any atom is 0.250 e. The van der Waals surface area contributed by atoms with Gasteiger partial charge in [-0.3, -0.25) is 4.79 Å². The predicted molar refractivity (Wildman–Crippen MR) is 82.1 cm³/mol.